The van der Waals surface area contributed by atoms with E-state index in [4.69, 9.17) is 4.74 Å². The molecule has 1 fully saturated rings. The first kappa shape index (κ1) is 21.2. The van der Waals surface area contributed by atoms with Crippen LogP contribution in [-0.2, 0) is 11.3 Å². The molecule has 33 heavy (non-hydrogen) atoms. The maximum atomic E-state index is 13.0. The zero-order valence-electron chi connectivity index (χ0n) is 18.3. The van der Waals surface area contributed by atoms with Crippen LogP contribution in [-0.4, -0.2) is 53.6 Å². The van der Waals surface area contributed by atoms with Crippen LogP contribution >= 0.6 is 11.3 Å². The van der Waals surface area contributed by atoms with Gasteiger partial charge in [0.1, 0.15) is 17.1 Å². The van der Waals surface area contributed by atoms with Crippen molar-refractivity contribution in [2.45, 2.75) is 6.54 Å². The molecule has 168 valence electrons. The molecule has 0 spiro atoms. The third-order valence-electron chi connectivity index (χ3n) is 5.94. The number of piperazine rings is 1. The second-order valence-electron chi connectivity index (χ2n) is 7.91. The van der Waals surface area contributed by atoms with E-state index in [1.807, 2.05) is 65.6 Å². The van der Waals surface area contributed by atoms with E-state index in [1.54, 1.807) is 7.11 Å². The summed E-state index contributed by atoms with van der Waals surface area (Å²) < 4.78 is 6.88. The van der Waals surface area contributed by atoms with E-state index in [1.165, 1.54) is 22.2 Å². The van der Waals surface area contributed by atoms with Crippen LogP contribution in [0.25, 0.3) is 20.7 Å². The summed E-state index contributed by atoms with van der Waals surface area (Å²) in [7, 11) is 1.66. The molecule has 7 nitrogen and oxygen atoms in total. The second kappa shape index (κ2) is 9.07. The van der Waals surface area contributed by atoms with E-state index < -0.39 is 0 Å². The number of thiophene rings is 1. The first-order valence-corrected chi connectivity index (χ1v) is 11.7. The van der Waals surface area contributed by atoms with Crippen LogP contribution in [0.1, 0.15) is 0 Å². The minimum Gasteiger partial charge on any atom is -0.495 e. The smallest absolute Gasteiger partial charge is 0.262 e. The van der Waals surface area contributed by atoms with E-state index in [0.717, 1.165) is 21.9 Å². The van der Waals surface area contributed by atoms with Crippen molar-refractivity contribution in [2.24, 2.45) is 0 Å². The number of fused-ring (bicyclic) bond motifs is 1. The number of anilines is 1. The molecule has 0 atom stereocenters. The molecular weight excluding hydrogens is 436 g/mol. The number of para-hydroxylation sites is 2. The first-order valence-electron chi connectivity index (χ1n) is 10.8. The molecule has 2 aromatic heterocycles. The number of hydrogen-bond donors (Lipinski definition) is 0. The van der Waals surface area contributed by atoms with Gasteiger partial charge in [0.2, 0.25) is 5.91 Å². The molecule has 0 aliphatic carbocycles. The average Bonchev–Trinajstić information content (AvgIpc) is 3.32. The summed E-state index contributed by atoms with van der Waals surface area (Å²) in [6.07, 6.45) is 1.49. The van der Waals surface area contributed by atoms with Crippen LogP contribution in [0.15, 0.2) is 71.8 Å². The van der Waals surface area contributed by atoms with Gasteiger partial charge in [-0.3, -0.25) is 14.2 Å². The maximum Gasteiger partial charge on any atom is 0.262 e. The van der Waals surface area contributed by atoms with Crippen molar-refractivity contribution in [2.75, 3.05) is 38.2 Å². The fraction of sp³-hybridized carbons (Fsp3) is 0.240. The van der Waals surface area contributed by atoms with Crippen molar-refractivity contribution in [3.8, 4) is 16.2 Å². The summed E-state index contributed by atoms with van der Waals surface area (Å²) in [6, 6.07) is 19.7. The Bertz CT molecular complexity index is 1340. The zero-order valence-corrected chi connectivity index (χ0v) is 19.1. The number of rotatable bonds is 5. The van der Waals surface area contributed by atoms with Crippen molar-refractivity contribution in [3.63, 3.8) is 0 Å². The third-order valence-corrected chi connectivity index (χ3v) is 7.03. The molecule has 1 aliphatic rings. The van der Waals surface area contributed by atoms with Gasteiger partial charge in [0.25, 0.3) is 5.56 Å². The highest BCUT2D eigenvalue weighted by Crippen LogP contribution is 2.31. The Morgan fingerprint density at radius 3 is 2.52 bits per heavy atom. The first-order chi connectivity index (χ1) is 16.1. The van der Waals surface area contributed by atoms with Crippen LogP contribution in [0.3, 0.4) is 0 Å². The molecule has 5 rings (SSSR count). The maximum absolute atomic E-state index is 13.0. The van der Waals surface area contributed by atoms with Gasteiger partial charge in [0.15, 0.2) is 0 Å². The molecule has 0 bridgehead atoms. The van der Waals surface area contributed by atoms with Crippen LogP contribution in [0.4, 0.5) is 5.69 Å². The van der Waals surface area contributed by atoms with E-state index in [2.05, 4.69) is 9.88 Å². The summed E-state index contributed by atoms with van der Waals surface area (Å²) in [5.74, 6) is 0.755. The lowest BCUT2D eigenvalue weighted by Gasteiger charge is -2.36. The molecule has 0 N–H and O–H groups in total. The number of ether oxygens (including phenoxy) is 1. The van der Waals surface area contributed by atoms with Crippen molar-refractivity contribution in [1.82, 2.24) is 14.5 Å². The third kappa shape index (κ3) is 4.21. The highest BCUT2D eigenvalue weighted by molar-refractivity contribution is 7.21. The number of hydrogen-bond acceptors (Lipinski definition) is 6. The molecule has 1 saturated heterocycles. The quantitative estimate of drug-likeness (QED) is 0.456. The lowest BCUT2D eigenvalue weighted by Crippen LogP contribution is -2.50. The fourth-order valence-electron chi connectivity index (χ4n) is 4.15. The summed E-state index contributed by atoms with van der Waals surface area (Å²) in [5.41, 5.74) is 1.90. The van der Waals surface area contributed by atoms with E-state index >= 15 is 0 Å². The predicted molar refractivity (Wildman–Crippen MR) is 131 cm³/mol. The molecule has 3 heterocycles. The summed E-state index contributed by atoms with van der Waals surface area (Å²) in [6.45, 7) is 2.61. The highest BCUT2D eigenvalue weighted by atomic mass is 32.1. The van der Waals surface area contributed by atoms with Gasteiger partial charge >= 0.3 is 0 Å². The number of benzene rings is 2. The molecule has 0 radical (unpaired) electrons. The number of carbonyl (C=O) groups is 1. The summed E-state index contributed by atoms with van der Waals surface area (Å²) >= 11 is 1.49. The Kier molecular flexibility index (Phi) is 5.83. The van der Waals surface area contributed by atoms with Gasteiger partial charge < -0.3 is 14.5 Å². The molecule has 0 unspecified atom stereocenters. The second-order valence-corrected chi connectivity index (χ2v) is 8.94. The van der Waals surface area contributed by atoms with Gasteiger partial charge in [-0.05, 0) is 23.8 Å². The number of amides is 1. The van der Waals surface area contributed by atoms with Gasteiger partial charge in [0, 0.05) is 31.1 Å². The summed E-state index contributed by atoms with van der Waals surface area (Å²) in [5, 5.41) is 0.551. The number of aromatic nitrogens is 2. The molecule has 1 amide bonds. The van der Waals surface area contributed by atoms with Crippen LogP contribution in [0, 0.1) is 0 Å². The van der Waals surface area contributed by atoms with Gasteiger partial charge in [-0.15, -0.1) is 11.3 Å². The largest absolute Gasteiger partial charge is 0.495 e. The monoisotopic (exact) mass is 460 g/mol. The van der Waals surface area contributed by atoms with Crippen LogP contribution in [0.5, 0.6) is 5.75 Å². The minimum atomic E-state index is -0.181. The SMILES string of the molecule is COc1ccccc1N1CCN(C(=O)Cn2cnc3sc(-c4ccccc4)cc3c2=O)CC1. The van der Waals surface area contributed by atoms with Gasteiger partial charge in [0.05, 0.1) is 24.5 Å². The Hall–Kier alpha value is -3.65. The van der Waals surface area contributed by atoms with E-state index in [0.29, 0.717) is 36.4 Å². The topological polar surface area (TPSA) is 67.7 Å². The number of carbonyl (C=O) groups excluding carboxylic acids is 1. The highest BCUT2D eigenvalue weighted by Gasteiger charge is 2.23. The Morgan fingerprint density at radius 1 is 1.03 bits per heavy atom. The van der Waals surface area contributed by atoms with Crippen molar-refractivity contribution < 1.29 is 9.53 Å². The molecular formula is C25H24N4O3S. The van der Waals surface area contributed by atoms with Crippen molar-refractivity contribution >= 4 is 33.1 Å². The van der Waals surface area contributed by atoms with Crippen molar-refractivity contribution in [1.29, 1.82) is 0 Å². The zero-order chi connectivity index (χ0) is 22.8. The Morgan fingerprint density at radius 2 is 1.76 bits per heavy atom. The normalized spacial score (nSPS) is 14.0. The standard InChI is InChI=1S/C25H24N4O3S/c1-32-21-10-6-5-9-20(21)27-11-13-28(14-12-27)23(30)16-29-17-26-24-19(25(29)31)15-22(33-24)18-7-3-2-4-8-18/h2-10,15,17H,11-14,16H2,1H3. The molecule has 1 aliphatic heterocycles. The number of methoxy groups -OCH3 is 1. The fourth-order valence-corrected chi connectivity index (χ4v) is 5.15. The molecule has 4 aromatic rings. The molecule has 8 heteroatoms. The predicted octanol–water partition coefficient (Wildman–Crippen LogP) is 3.48. The van der Waals surface area contributed by atoms with E-state index in [9.17, 15) is 9.59 Å². The lowest BCUT2D eigenvalue weighted by molar-refractivity contribution is -0.132. The van der Waals surface area contributed by atoms with Crippen molar-refractivity contribution in [3.05, 3.63) is 77.3 Å². The van der Waals surface area contributed by atoms with Gasteiger partial charge in [-0.2, -0.15) is 0 Å². The Labute approximate surface area is 195 Å². The average molecular weight is 461 g/mol. The molecule has 2 aromatic carbocycles. The minimum absolute atomic E-state index is 0.00700. The lowest BCUT2D eigenvalue weighted by atomic mass is 10.2. The Balaban J connectivity index is 1.29. The molecule has 0 saturated carbocycles. The van der Waals surface area contributed by atoms with Gasteiger partial charge in [-0.25, -0.2) is 4.98 Å². The summed E-state index contributed by atoms with van der Waals surface area (Å²) in [4.78, 5) is 36.1. The van der Waals surface area contributed by atoms with Gasteiger partial charge in [-0.1, -0.05) is 42.5 Å². The van der Waals surface area contributed by atoms with Crippen LogP contribution in [0.2, 0.25) is 0 Å². The van der Waals surface area contributed by atoms with E-state index in [-0.39, 0.29) is 18.0 Å². The van der Waals surface area contributed by atoms with Crippen LogP contribution < -0.4 is 15.2 Å². The number of nitrogens with zero attached hydrogens (tertiary/aromatic N) is 4.